The Morgan fingerprint density at radius 1 is 1.47 bits per heavy atom. The van der Waals surface area contributed by atoms with Gasteiger partial charge in [-0.15, -0.1) is 10.2 Å². The van der Waals surface area contributed by atoms with Gasteiger partial charge in [-0.1, -0.05) is 6.07 Å². The molecule has 2 aromatic heterocycles. The molecule has 2 N–H and O–H groups in total. The van der Waals surface area contributed by atoms with E-state index in [1.807, 2.05) is 36.7 Å². The number of aliphatic hydroxyl groups excluding tert-OH is 1. The van der Waals surface area contributed by atoms with Crippen LogP contribution in [0.15, 0.2) is 24.5 Å². The summed E-state index contributed by atoms with van der Waals surface area (Å²) >= 11 is 0. The smallest absolute Gasteiger partial charge is 0.182 e. The van der Waals surface area contributed by atoms with Crippen LogP contribution < -0.4 is 5.32 Å². The number of aromatic nitrogens is 4. The van der Waals surface area contributed by atoms with Crippen molar-refractivity contribution in [3.05, 3.63) is 24.5 Å². The van der Waals surface area contributed by atoms with E-state index in [1.54, 1.807) is 6.33 Å². The summed E-state index contributed by atoms with van der Waals surface area (Å²) in [4.78, 5) is 4.39. The van der Waals surface area contributed by atoms with Gasteiger partial charge in [0.25, 0.3) is 0 Å². The first-order chi connectivity index (χ1) is 8.26. The van der Waals surface area contributed by atoms with Crippen molar-refractivity contribution in [2.45, 2.75) is 13.0 Å². The standard InChI is InChI=1S/C11H15N5O/c1-8(6-17)16-7-13-15-11(16)9-4-3-5-10(12-2)14-9/h3-5,7-8,17H,6H2,1-2H3,(H,12,14). The molecule has 0 saturated carbocycles. The minimum absolute atomic E-state index is 0.0385. The maximum Gasteiger partial charge on any atom is 0.182 e. The predicted molar refractivity (Wildman–Crippen MR) is 64.6 cm³/mol. The third kappa shape index (κ3) is 2.26. The van der Waals surface area contributed by atoms with Gasteiger partial charge in [-0.25, -0.2) is 4.98 Å². The Hall–Kier alpha value is -1.95. The SMILES string of the molecule is CNc1cccc(-c2nncn2C(C)CO)n1. The van der Waals surface area contributed by atoms with Gasteiger partial charge >= 0.3 is 0 Å². The molecule has 17 heavy (non-hydrogen) atoms. The third-order valence-electron chi connectivity index (χ3n) is 2.55. The second-order valence-electron chi connectivity index (χ2n) is 3.75. The fourth-order valence-corrected chi connectivity index (χ4v) is 1.53. The topological polar surface area (TPSA) is 75.9 Å². The lowest BCUT2D eigenvalue weighted by molar-refractivity contribution is 0.239. The zero-order valence-electron chi connectivity index (χ0n) is 9.83. The normalized spacial score (nSPS) is 12.4. The zero-order valence-corrected chi connectivity index (χ0v) is 9.83. The van der Waals surface area contributed by atoms with Crippen LogP contribution in [0.4, 0.5) is 5.82 Å². The Kier molecular flexibility index (Phi) is 3.34. The summed E-state index contributed by atoms with van der Waals surface area (Å²) in [5.41, 5.74) is 0.731. The first-order valence-corrected chi connectivity index (χ1v) is 5.41. The van der Waals surface area contributed by atoms with Crippen molar-refractivity contribution in [3.8, 4) is 11.5 Å². The van der Waals surface area contributed by atoms with E-state index in [0.717, 1.165) is 11.5 Å². The highest BCUT2D eigenvalue weighted by Gasteiger charge is 2.13. The van der Waals surface area contributed by atoms with Gasteiger partial charge in [-0.05, 0) is 19.1 Å². The van der Waals surface area contributed by atoms with Crippen LogP contribution in [-0.4, -0.2) is 38.5 Å². The summed E-state index contributed by atoms with van der Waals surface area (Å²) in [5, 5.41) is 20.1. The quantitative estimate of drug-likeness (QED) is 0.821. The van der Waals surface area contributed by atoms with E-state index in [2.05, 4.69) is 20.5 Å². The summed E-state index contributed by atoms with van der Waals surface area (Å²) in [6.07, 6.45) is 1.60. The van der Waals surface area contributed by atoms with Crippen LogP contribution in [0.25, 0.3) is 11.5 Å². The van der Waals surface area contributed by atoms with Crippen LogP contribution >= 0.6 is 0 Å². The molecule has 2 aromatic rings. The molecule has 0 fully saturated rings. The number of pyridine rings is 1. The first-order valence-electron chi connectivity index (χ1n) is 5.41. The van der Waals surface area contributed by atoms with E-state index in [-0.39, 0.29) is 12.6 Å². The maximum atomic E-state index is 9.17. The highest BCUT2D eigenvalue weighted by molar-refractivity contribution is 5.53. The van der Waals surface area contributed by atoms with Crippen molar-refractivity contribution >= 4 is 5.82 Å². The minimum Gasteiger partial charge on any atom is -0.394 e. The average molecular weight is 233 g/mol. The molecule has 6 nitrogen and oxygen atoms in total. The number of rotatable bonds is 4. The van der Waals surface area contributed by atoms with Gasteiger partial charge in [0.1, 0.15) is 17.8 Å². The summed E-state index contributed by atoms with van der Waals surface area (Å²) in [6, 6.07) is 5.57. The number of nitrogens with one attached hydrogen (secondary N) is 1. The Morgan fingerprint density at radius 2 is 2.29 bits per heavy atom. The second-order valence-corrected chi connectivity index (χ2v) is 3.75. The fraction of sp³-hybridized carbons (Fsp3) is 0.364. The van der Waals surface area contributed by atoms with Gasteiger partial charge in [0.2, 0.25) is 0 Å². The predicted octanol–water partition coefficient (Wildman–Crippen LogP) is 0.935. The van der Waals surface area contributed by atoms with Gasteiger partial charge in [-0.2, -0.15) is 0 Å². The van der Waals surface area contributed by atoms with Crippen LogP contribution in [0.3, 0.4) is 0 Å². The number of hydrogen-bond donors (Lipinski definition) is 2. The van der Waals surface area contributed by atoms with Crippen LogP contribution in [0, 0.1) is 0 Å². The van der Waals surface area contributed by atoms with E-state index in [4.69, 9.17) is 5.11 Å². The Labute approximate surface area is 99.3 Å². The van der Waals surface area contributed by atoms with E-state index in [1.165, 1.54) is 0 Å². The Balaban J connectivity index is 2.42. The molecule has 0 radical (unpaired) electrons. The van der Waals surface area contributed by atoms with Gasteiger partial charge in [0, 0.05) is 7.05 Å². The lowest BCUT2D eigenvalue weighted by Gasteiger charge is -2.12. The molecule has 1 unspecified atom stereocenters. The van der Waals surface area contributed by atoms with E-state index >= 15 is 0 Å². The lowest BCUT2D eigenvalue weighted by Crippen LogP contribution is -2.10. The number of anilines is 1. The fourth-order valence-electron chi connectivity index (χ4n) is 1.53. The highest BCUT2D eigenvalue weighted by atomic mass is 16.3. The summed E-state index contributed by atoms with van der Waals surface area (Å²) < 4.78 is 1.81. The molecule has 0 aliphatic carbocycles. The zero-order chi connectivity index (χ0) is 12.3. The van der Waals surface area contributed by atoms with Gasteiger partial charge in [-0.3, -0.25) is 0 Å². The summed E-state index contributed by atoms with van der Waals surface area (Å²) in [6.45, 7) is 1.94. The van der Waals surface area contributed by atoms with Crippen molar-refractivity contribution in [1.29, 1.82) is 0 Å². The molecule has 0 amide bonds. The van der Waals surface area contributed by atoms with Crippen LogP contribution in [0.2, 0.25) is 0 Å². The molecule has 0 aliphatic rings. The number of aliphatic hydroxyl groups is 1. The summed E-state index contributed by atoms with van der Waals surface area (Å²) in [5.74, 6) is 1.43. The molecule has 2 rings (SSSR count). The molecule has 0 bridgehead atoms. The summed E-state index contributed by atoms with van der Waals surface area (Å²) in [7, 11) is 1.81. The van der Waals surface area contributed by atoms with Crippen molar-refractivity contribution in [2.24, 2.45) is 0 Å². The first kappa shape index (κ1) is 11.5. The van der Waals surface area contributed by atoms with E-state index in [9.17, 15) is 0 Å². The van der Waals surface area contributed by atoms with Crippen LogP contribution in [-0.2, 0) is 0 Å². The maximum absolute atomic E-state index is 9.17. The average Bonchev–Trinajstić information content (AvgIpc) is 2.87. The largest absolute Gasteiger partial charge is 0.394 e. The molecule has 0 spiro atoms. The van der Waals surface area contributed by atoms with Crippen molar-refractivity contribution in [3.63, 3.8) is 0 Å². The van der Waals surface area contributed by atoms with Gasteiger partial charge < -0.3 is 15.0 Å². The third-order valence-corrected chi connectivity index (χ3v) is 2.55. The number of nitrogens with zero attached hydrogens (tertiary/aromatic N) is 4. The highest BCUT2D eigenvalue weighted by Crippen LogP contribution is 2.19. The molecular weight excluding hydrogens is 218 g/mol. The van der Waals surface area contributed by atoms with Crippen LogP contribution in [0.1, 0.15) is 13.0 Å². The molecule has 6 heteroatoms. The Morgan fingerprint density at radius 3 is 3.00 bits per heavy atom. The molecule has 0 aromatic carbocycles. The van der Waals surface area contributed by atoms with Gasteiger partial charge in [0.05, 0.1) is 12.6 Å². The lowest BCUT2D eigenvalue weighted by atomic mass is 10.3. The van der Waals surface area contributed by atoms with E-state index < -0.39 is 0 Å². The molecule has 0 aliphatic heterocycles. The molecule has 0 saturated heterocycles. The van der Waals surface area contributed by atoms with Crippen LogP contribution in [0.5, 0.6) is 0 Å². The van der Waals surface area contributed by atoms with Crippen molar-refractivity contribution in [1.82, 2.24) is 19.7 Å². The Bertz CT molecular complexity index is 496. The number of hydrogen-bond acceptors (Lipinski definition) is 5. The van der Waals surface area contributed by atoms with Crippen molar-refractivity contribution < 1.29 is 5.11 Å². The van der Waals surface area contributed by atoms with E-state index in [0.29, 0.717) is 5.82 Å². The van der Waals surface area contributed by atoms with Gasteiger partial charge in [0.15, 0.2) is 5.82 Å². The monoisotopic (exact) mass is 233 g/mol. The molecule has 1 atom stereocenters. The minimum atomic E-state index is -0.0694. The second kappa shape index (κ2) is 4.92. The molecule has 2 heterocycles. The van der Waals surface area contributed by atoms with Crippen molar-refractivity contribution in [2.75, 3.05) is 19.0 Å². The molecular formula is C11H15N5O. The molecule has 90 valence electrons.